The molecule has 0 saturated carbocycles. The van der Waals surface area contributed by atoms with E-state index in [2.05, 4.69) is 99.3 Å². The van der Waals surface area contributed by atoms with E-state index in [1.807, 2.05) is 65.2 Å². The molecule has 3 aliphatic rings. The summed E-state index contributed by atoms with van der Waals surface area (Å²) >= 11 is 0. The summed E-state index contributed by atoms with van der Waals surface area (Å²) in [4.78, 5) is 4.91. The molecule has 2 atom stereocenters. The van der Waals surface area contributed by atoms with Crippen LogP contribution in [-0.4, -0.2) is 20.8 Å². The van der Waals surface area contributed by atoms with Crippen LogP contribution in [0.4, 0.5) is 22.7 Å². The van der Waals surface area contributed by atoms with E-state index in [0.717, 1.165) is 33.6 Å². The third-order valence-corrected chi connectivity index (χ3v) is 14.0. The molecule has 3 aromatic heterocycles. The Morgan fingerprint density at radius 3 is 1.96 bits per heavy atom. The molecule has 0 unspecified atom stereocenters. The minimum absolute atomic E-state index is 0. The number of hydrogen-bond acceptors (Lipinski definition) is 2. The Hall–Kier alpha value is -6.30. The van der Waals surface area contributed by atoms with Gasteiger partial charge < -0.3 is 18.4 Å². The second-order valence-corrected chi connectivity index (χ2v) is 21.5. The van der Waals surface area contributed by atoms with Gasteiger partial charge in [0.2, 0.25) is 0 Å². The number of aryl methyl sites for hydroxylation is 1. The average molecular weight is 1100 g/mol. The number of para-hydroxylation sites is 4. The van der Waals surface area contributed by atoms with E-state index in [9.17, 15) is 5.48 Å². The standard InChI is InChI=1S/C62H58N5O.Pt/c1-40-19-17-28-56-59(40)67(45-32-42(61(5,6)7)31-43(33-45)62(8,9)10)38-66(56,39-67)44-20-18-21-46(35-44)68-47-36-54(64-51-25-14-11-22-48(51)49-23-12-15-26-52(49)64)58-50-24-13-16-27-53(50)65(55(58)37-47)57-34-41(29-30-63-57)60(2,3)4;/h11-34,36,38H,39H2,1-10H3;/q-1;/t66-,67+;/m1./s1/i1D3,11D,12D,14D,15D,22D,23D,25D,26D;. The van der Waals surface area contributed by atoms with Crippen molar-refractivity contribution in [3.63, 3.8) is 0 Å². The quantitative estimate of drug-likeness (QED) is 0.123. The van der Waals surface area contributed by atoms with Crippen LogP contribution in [0.1, 0.15) is 99.6 Å². The predicted molar refractivity (Wildman–Crippen MR) is 283 cm³/mol. The Bertz CT molecular complexity index is 4180. The number of ether oxygens (including phenoxy) is 1. The van der Waals surface area contributed by atoms with Gasteiger partial charge in [-0.25, -0.2) is 4.98 Å². The van der Waals surface area contributed by atoms with Crippen molar-refractivity contribution < 1.29 is 40.9 Å². The molecule has 69 heavy (non-hydrogen) atoms. The van der Waals surface area contributed by atoms with Gasteiger partial charge in [0.1, 0.15) is 11.5 Å². The minimum atomic E-state index is -2.42. The van der Waals surface area contributed by atoms with Crippen LogP contribution in [0, 0.1) is 25.7 Å². The molecule has 6 heterocycles. The number of fused-ring (bicyclic) bond motifs is 6. The van der Waals surface area contributed by atoms with Gasteiger partial charge in [0, 0.05) is 88.6 Å². The molecule has 6 nitrogen and oxygen atoms in total. The second kappa shape index (κ2) is 15.6. The molecule has 0 aliphatic carbocycles. The summed E-state index contributed by atoms with van der Waals surface area (Å²) < 4.78 is 110. The number of nitrogens with zero attached hydrogens (tertiary/aromatic N) is 5. The van der Waals surface area contributed by atoms with E-state index in [0.29, 0.717) is 45.8 Å². The zero-order chi connectivity index (χ0) is 56.6. The van der Waals surface area contributed by atoms with Crippen LogP contribution in [0.15, 0.2) is 152 Å². The summed E-state index contributed by atoms with van der Waals surface area (Å²) in [5.41, 5.74) is 7.53. The van der Waals surface area contributed by atoms with E-state index in [4.69, 9.17) is 19.3 Å². The molecule has 0 N–H and O–H groups in total. The van der Waals surface area contributed by atoms with Crippen LogP contribution in [0.2, 0.25) is 0 Å². The van der Waals surface area contributed by atoms with Gasteiger partial charge in [-0.05, 0) is 81.1 Å². The Labute approximate surface area is 436 Å². The predicted octanol–water partition coefficient (Wildman–Crippen LogP) is 16.2. The summed E-state index contributed by atoms with van der Waals surface area (Å²) in [6, 6.07) is 34.5. The monoisotopic (exact) mass is 1090 g/mol. The van der Waals surface area contributed by atoms with Crippen LogP contribution in [0.3, 0.4) is 0 Å². The first-order valence-electron chi connectivity index (χ1n) is 28.6. The summed E-state index contributed by atoms with van der Waals surface area (Å²) in [5.74, 6) is 1.01. The van der Waals surface area contributed by atoms with Crippen molar-refractivity contribution in [3.8, 4) is 23.0 Å². The van der Waals surface area contributed by atoms with Gasteiger partial charge in [-0.15, -0.1) is 24.3 Å². The Morgan fingerprint density at radius 1 is 0.638 bits per heavy atom. The molecule has 0 amide bonds. The fourth-order valence-electron chi connectivity index (χ4n) is 10.4. The zero-order valence-corrected chi connectivity index (χ0v) is 42.3. The molecule has 1 saturated heterocycles. The number of benzene rings is 7. The van der Waals surface area contributed by atoms with E-state index in [-0.39, 0.29) is 85.1 Å². The SMILES string of the molecule is [2H]c1c([2H])c([2H])c2c(c1[2H])c1c([2H])c([2H])c([2H])c([2H])c1n2-c1cc(Oc2[c-]c([N@@+]34[CH-][N@@+](c5cc(C(C)(C)C)cc(C(C)(C)C)c5)(C3)c3c(C([2H])([2H])[2H])cccc34)ccc2)[c-]c2c1c1ccccc1n2-c1cc(C(C)(C)C)ccn1.[Pt]. The topological polar surface area (TPSA) is 32.0 Å². The number of quaternary nitrogens is 2. The fraction of sp³-hybridized carbons (Fsp3) is 0.226. The Morgan fingerprint density at radius 2 is 1.29 bits per heavy atom. The van der Waals surface area contributed by atoms with Crippen molar-refractivity contribution in [1.82, 2.24) is 23.1 Å². The van der Waals surface area contributed by atoms with Crippen LogP contribution >= 0.6 is 0 Å². The Kier molecular flexibility index (Phi) is 7.70. The molecule has 7 heteroatoms. The summed E-state index contributed by atoms with van der Waals surface area (Å²) in [6.07, 6.45) is 1.76. The molecular weight excluding hydrogens is 1030 g/mol. The van der Waals surface area contributed by atoms with Gasteiger partial charge in [-0.2, -0.15) is 6.07 Å². The largest absolute Gasteiger partial charge is 0.509 e. The summed E-state index contributed by atoms with van der Waals surface area (Å²) in [5, 5.41) is 1.15. The smallest absolute Gasteiger partial charge is 0.184 e. The molecule has 3 aliphatic heterocycles. The molecule has 348 valence electrons. The summed E-state index contributed by atoms with van der Waals surface area (Å²) in [7, 11) is 0. The molecule has 1 fully saturated rings. The van der Waals surface area contributed by atoms with E-state index in [1.54, 1.807) is 24.4 Å². The minimum Gasteiger partial charge on any atom is -0.509 e. The van der Waals surface area contributed by atoms with E-state index >= 15 is 0 Å². The maximum absolute atomic E-state index is 9.47. The van der Waals surface area contributed by atoms with Crippen LogP contribution in [-0.2, 0) is 37.3 Å². The van der Waals surface area contributed by atoms with Crippen molar-refractivity contribution >= 4 is 66.4 Å². The van der Waals surface area contributed by atoms with Gasteiger partial charge in [-0.3, -0.25) is 4.48 Å². The van der Waals surface area contributed by atoms with Gasteiger partial charge >= 0.3 is 0 Å². The number of aromatic nitrogens is 3. The fourth-order valence-corrected chi connectivity index (χ4v) is 10.4. The van der Waals surface area contributed by atoms with Crippen molar-refractivity contribution in [3.05, 3.63) is 193 Å². The first-order valence-corrected chi connectivity index (χ1v) is 23.1. The third kappa shape index (κ3) is 6.89. The average Bonchev–Trinajstić information content (AvgIpc) is 3.68. The summed E-state index contributed by atoms with van der Waals surface area (Å²) in [6.45, 7) is 19.7. The normalized spacial score (nSPS) is 20.3. The molecule has 0 spiro atoms. The molecule has 10 aromatic rings. The second-order valence-electron chi connectivity index (χ2n) is 21.5. The third-order valence-electron chi connectivity index (χ3n) is 14.0. The van der Waals surface area contributed by atoms with Gasteiger partial charge in [0.15, 0.2) is 18.0 Å². The van der Waals surface area contributed by atoms with Crippen LogP contribution < -0.4 is 13.7 Å². The number of rotatable bonds is 6. The van der Waals surface area contributed by atoms with Gasteiger partial charge in [-0.1, -0.05) is 152 Å². The molecular formula is C62H58N5OPt-. The maximum atomic E-state index is 9.47. The van der Waals surface area contributed by atoms with Crippen molar-refractivity contribution in [1.29, 1.82) is 0 Å². The Balaban J connectivity index is 0.00000675. The van der Waals surface area contributed by atoms with Gasteiger partial charge in [0.05, 0.1) is 28.7 Å². The molecule has 7 aromatic carbocycles. The maximum Gasteiger partial charge on any atom is 0.184 e. The van der Waals surface area contributed by atoms with E-state index < -0.39 is 55.2 Å². The van der Waals surface area contributed by atoms with Crippen LogP contribution in [0.5, 0.6) is 11.5 Å². The zero-order valence-electron chi connectivity index (χ0n) is 51.1. The van der Waals surface area contributed by atoms with Gasteiger partial charge in [0.25, 0.3) is 0 Å². The van der Waals surface area contributed by atoms with Crippen molar-refractivity contribution in [2.24, 2.45) is 0 Å². The molecule has 0 radical (unpaired) electrons. The first kappa shape index (κ1) is 34.1. The first-order chi connectivity index (χ1) is 37.0. The van der Waals surface area contributed by atoms with Crippen LogP contribution in [0.25, 0.3) is 55.1 Å². The van der Waals surface area contributed by atoms with Crippen molar-refractivity contribution in [2.75, 3.05) is 6.67 Å². The molecule has 2 bridgehead atoms. The number of hydrogen-bond donors (Lipinski definition) is 0. The number of pyridine rings is 1. The molecule has 13 rings (SSSR count). The van der Waals surface area contributed by atoms with Crippen molar-refractivity contribution in [2.45, 2.75) is 85.4 Å². The van der Waals surface area contributed by atoms with E-state index in [1.165, 1.54) is 4.57 Å².